The van der Waals surface area contributed by atoms with Crippen LogP contribution >= 0.6 is 12.2 Å². The fraction of sp³-hybridized carbons (Fsp3) is 0.438. The highest BCUT2D eigenvalue weighted by molar-refractivity contribution is 7.80. The molecule has 1 aromatic heterocycles. The molecule has 0 saturated carbocycles. The third-order valence-electron chi connectivity index (χ3n) is 3.71. The molecule has 0 unspecified atom stereocenters. The number of thiocarbonyl (C=S) groups is 1. The van der Waals surface area contributed by atoms with Crippen LogP contribution in [0.25, 0.3) is 0 Å². The van der Waals surface area contributed by atoms with E-state index in [1.165, 1.54) is 0 Å². The molecule has 1 amide bonds. The van der Waals surface area contributed by atoms with Crippen molar-refractivity contribution in [1.29, 1.82) is 0 Å². The molecule has 1 aromatic rings. The molecule has 7 heteroatoms. The molecule has 124 valence electrons. The van der Waals surface area contributed by atoms with Crippen molar-refractivity contribution in [2.24, 2.45) is 16.3 Å². The van der Waals surface area contributed by atoms with Crippen LogP contribution in [0.2, 0.25) is 0 Å². The van der Waals surface area contributed by atoms with E-state index in [-0.39, 0.29) is 16.4 Å². The van der Waals surface area contributed by atoms with Crippen molar-refractivity contribution in [3.63, 3.8) is 0 Å². The minimum absolute atomic E-state index is 0.0249. The Kier molecular flexibility index (Phi) is 4.89. The Morgan fingerprint density at radius 3 is 2.83 bits per heavy atom. The molecule has 6 nitrogen and oxygen atoms in total. The van der Waals surface area contributed by atoms with Gasteiger partial charge in [0.25, 0.3) is 5.91 Å². The Bertz CT molecular complexity index is 688. The number of furan rings is 1. The van der Waals surface area contributed by atoms with E-state index in [4.69, 9.17) is 22.4 Å². The van der Waals surface area contributed by atoms with Crippen molar-refractivity contribution < 1.29 is 9.21 Å². The van der Waals surface area contributed by atoms with E-state index < -0.39 is 0 Å². The SMILES string of the molecule is C=CCNC(=O)c1oc2c(c1C)/C(=N\NC(N)=S)CC(C)(C)C2. The van der Waals surface area contributed by atoms with Gasteiger partial charge in [0.15, 0.2) is 10.9 Å². The zero-order valence-electron chi connectivity index (χ0n) is 13.7. The monoisotopic (exact) mass is 334 g/mol. The fourth-order valence-electron chi connectivity index (χ4n) is 2.79. The average Bonchev–Trinajstić information content (AvgIpc) is 2.77. The second-order valence-electron chi connectivity index (χ2n) is 6.41. The normalized spacial score (nSPS) is 17.4. The minimum atomic E-state index is -0.253. The molecule has 0 aromatic carbocycles. The first-order valence-corrected chi connectivity index (χ1v) is 7.79. The van der Waals surface area contributed by atoms with Crippen LogP contribution in [0, 0.1) is 12.3 Å². The van der Waals surface area contributed by atoms with Gasteiger partial charge in [-0.3, -0.25) is 10.2 Å². The average molecular weight is 334 g/mol. The molecule has 0 atom stereocenters. The maximum Gasteiger partial charge on any atom is 0.287 e. The largest absolute Gasteiger partial charge is 0.455 e. The predicted molar refractivity (Wildman–Crippen MR) is 94.5 cm³/mol. The number of hydrogen-bond acceptors (Lipinski definition) is 4. The van der Waals surface area contributed by atoms with Crippen molar-refractivity contribution in [2.45, 2.75) is 33.6 Å². The number of fused-ring (bicyclic) bond motifs is 1. The molecule has 1 aliphatic rings. The van der Waals surface area contributed by atoms with E-state index in [9.17, 15) is 4.79 Å². The topological polar surface area (TPSA) is 92.6 Å². The lowest BCUT2D eigenvalue weighted by Crippen LogP contribution is -2.31. The van der Waals surface area contributed by atoms with E-state index in [2.05, 4.69) is 36.3 Å². The Morgan fingerprint density at radius 1 is 1.52 bits per heavy atom. The molecule has 0 saturated heterocycles. The summed E-state index contributed by atoms with van der Waals surface area (Å²) in [5, 5.41) is 7.15. The van der Waals surface area contributed by atoms with Gasteiger partial charge in [-0.25, -0.2) is 0 Å². The zero-order valence-corrected chi connectivity index (χ0v) is 14.5. The third kappa shape index (κ3) is 3.79. The molecular formula is C16H22N4O2S. The van der Waals surface area contributed by atoms with Crippen LogP contribution in [-0.4, -0.2) is 23.3 Å². The number of carbonyl (C=O) groups excluding carboxylic acids is 1. The molecule has 4 N–H and O–H groups in total. The predicted octanol–water partition coefficient (Wildman–Crippen LogP) is 2.01. The number of nitrogens with one attached hydrogen (secondary N) is 2. The molecule has 1 aliphatic carbocycles. The van der Waals surface area contributed by atoms with Crippen molar-refractivity contribution >= 4 is 28.9 Å². The van der Waals surface area contributed by atoms with Gasteiger partial charge in [-0.2, -0.15) is 5.10 Å². The first kappa shape index (κ1) is 17.2. The van der Waals surface area contributed by atoms with Gasteiger partial charge in [-0.1, -0.05) is 19.9 Å². The lowest BCUT2D eigenvalue weighted by atomic mass is 9.75. The summed E-state index contributed by atoms with van der Waals surface area (Å²) < 4.78 is 5.85. The molecule has 0 bridgehead atoms. The van der Waals surface area contributed by atoms with Gasteiger partial charge >= 0.3 is 0 Å². The van der Waals surface area contributed by atoms with Gasteiger partial charge in [-0.05, 0) is 31.0 Å². The summed E-state index contributed by atoms with van der Waals surface area (Å²) in [6, 6.07) is 0. The maximum atomic E-state index is 12.2. The van der Waals surface area contributed by atoms with Gasteiger partial charge in [0.05, 0.1) is 5.71 Å². The molecule has 0 spiro atoms. The molecule has 1 heterocycles. The standard InChI is InChI=1S/C16H22N4O2S/c1-5-6-18-14(21)13-9(2)12-10(19-20-15(17)23)7-16(3,4)8-11(12)22-13/h5H,1,6-8H2,2-4H3,(H,18,21)(H3,17,20,23)/b19-10-. The highest BCUT2D eigenvalue weighted by Gasteiger charge is 2.36. The smallest absolute Gasteiger partial charge is 0.287 e. The van der Waals surface area contributed by atoms with Gasteiger partial charge in [-0.15, -0.1) is 6.58 Å². The lowest BCUT2D eigenvalue weighted by molar-refractivity contribution is 0.0926. The molecule has 23 heavy (non-hydrogen) atoms. The summed E-state index contributed by atoms with van der Waals surface area (Å²) in [4.78, 5) is 12.2. The van der Waals surface area contributed by atoms with Crippen LogP contribution in [0.15, 0.2) is 22.2 Å². The molecule has 2 rings (SSSR count). The summed E-state index contributed by atoms with van der Waals surface area (Å²) in [5.74, 6) is 0.833. The first-order valence-electron chi connectivity index (χ1n) is 7.39. The molecule has 0 fully saturated rings. The van der Waals surface area contributed by atoms with Gasteiger partial charge in [0.2, 0.25) is 0 Å². The fourth-order valence-corrected chi connectivity index (χ4v) is 2.84. The minimum Gasteiger partial charge on any atom is -0.455 e. The summed E-state index contributed by atoms with van der Waals surface area (Å²) in [7, 11) is 0. The van der Waals surface area contributed by atoms with E-state index in [1.54, 1.807) is 6.08 Å². The zero-order chi connectivity index (χ0) is 17.2. The van der Waals surface area contributed by atoms with Gasteiger partial charge < -0.3 is 15.5 Å². The Morgan fingerprint density at radius 2 is 2.22 bits per heavy atom. The van der Waals surface area contributed by atoms with Crippen LogP contribution in [0.1, 0.15) is 47.7 Å². The molecular weight excluding hydrogens is 312 g/mol. The summed E-state index contributed by atoms with van der Waals surface area (Å²) >= 11 is 4.81. The van der Waals surface area contributed by atoms with Gasteiger partial charge in [0.1, 0.15) is 5.76 Å². The van der Waals surface area contributed by atoms with Crippen LogP contribution in [-0.2, 0) is 6.42 Å². The van der Waals surface area contributed by atoms with Crippen LogP contribution < -0.4 is 16.5 Å². The summed E-state index contributed by atoms with van der Waals surface area (Å²) in [5.41, 5.74) is 10.5. The molecule has 0 aliphatic heterocycles. The third-order valence-corrected chi connectivity index (χ3v) is 3.80. The number of hydrazone groups is 1. The maximum absolute atomic E-state index is 12.2. The van der Waals surface area contributed by atoms with Crippen molar-refractivity contribution in [3.8, 4) is 0 Å². The summed E-state index contributed by atoms with van der Waals surface area (Å²) in [6.45, 7) is 10.1. The van der Waals surface area contributed by atoms with E-state index in [1.807, 2.05) is 6.92 Å². The highest BCUT2D eigenvalue weighted by atomic mass is 32.1. The Balaban J connectivity index is 2.45. The van der Waals surface area contributed by atoms with E-state index in [0.717, 1.165) is 35.4 Å². The first-order chi connectivity index (χ1) is 10.7. The number of hydrogen-bond donors (Lipinski definition) is 3. The van der Waals surface area contributed by atoms with Crippen LogP contribution in [0.5, 0.6) is 0 Å². The Hall–Kier alpha value is -2.15. The highest BCUT2D eigenvalue weighted by Crippen LogP contribution is 2.38. The number of amides is 1. The van der Waals surface area contributed by atoms with E-state index >= 15 is 0 Å². The number of nitrogens with zero attached hydrogens (tertiary/aromatic N) is 1. The number of rotatable bonds is 4. The second kappa shape index (κ2) is 6.54. The van der Waals surface area contributed by atoms with Gasteiger partial charge in [0, 0.05) is 24.1 Å². The quantitative estimate of drug-likeness (QED) is 0.445. The Labute approximate surface area is 141 Å². The van der Waals surface area contributed by atoms with Crippen LogP contribution in [0.4, 0.5) is 0 Å². The number of carbonyl (C=O) groups is 1. The van der Waals surface area contributed by atoms with Crippen molar-refractivity contribution in [1.82, 2.24) is 10.7 Å². The number of nitrogens with two attached hydrogens (primary N) is 1. The second-order valence-corrected chi connectivity index (χ2v) is 6.85. The summed E-state index contributed by atoms with van der Waals surface area (Å²) in [6.07, 6.45) is 3.10. The van der Waals surface area contributed by atoms with Crippen molar-refractivity contribution in [2.75, 3.05) is 6.54 Å². The van der Waals surface area contributed by atoms with Crippen LogP contribution in [0.3, 0.4) is 0 Å². The molecule has 0 radical (unpaired) electrons. The van der Waals surface area contributed by atoms with E-state index in [0.29, 0.717) is 12.3 Å². The van der Waals surface area contributed by atoms with Crippen molar-refractivity contribution in [3.05, 3.63) is 35.3 Å². The lowest BCUT2D eigenvalue weighted by Gasteiger charge is -2.29.